The van der Waals surface area contributed by atoms with Gasteiger partial charge in [0.1, 0.15) is 23.0 Å². The van der Waals surface area contributed by atoms with E-state index in [4.69, 9.17) is 0 Å². The van der Waals surface area contributed by atoms with Crippen molar-refractivity contribution < 1.29 is 66.3 Å². The van der Waals surface area contributed by atoms with Crippen LogP contribution in [0.5, 0.6) is 0 Å². The molecule has 300 valence electrons. The Labute approximate surface area is 311 Å². The molecule has 4 aromatic carbocycles. The molecular formula is C36H22F14N6O. The van der Waals surface area contributed by atoms with E-state index in [1.54, 1.807) is 12.1 Å². The number of carbonyl (C=O) groups is 1. The van der Waals surface area contributed by atoms with Crippen molar-refractivity contribution in [2.24, 2.45) is 0 Å². The number of carbonyl (C=O) groups excluding carboxylic acids is 1. The Hall–Kier alpha value is -6.41. The van der Waals surface area contributed by atoms with Crippen LogP contribution < -0.4 is 10.6 Å². The van der Waals surface area contributed by atoms with Crippen molar-refractivity contribution in [1.82, 2.24) is 19.6 Å². The molecule has 57 heavy (non-hydrogen) atoms. The molecule has 7 nitrogen and oxygen atoms in total. The Balaban J connectivity index is 0.000000218. The molecule has 2 N–H and O–H groups in total. The molecule has 6 aromatic rings. The lowest BCUT2D eigenvalue weighted by molar-refractivity contribution is -0.145. The summed E-state index contributed by atoms with van der Waals surface area (Å²) in [5.74, 6) is -1.99. The lowest BCUT2D eigenvalue weighted by atomic mass is 10.2. The van der Waals surface area contributed by atoms with Crippen molar-refractivity contribution >= 4 is 17.3 Å². The predicted molar refractivity (Wildman–Crippen MR) is 175 cm³/mol. The maximum absolute atomic E-state index is 13.6. The monoisotopic (exact) mass is 820 g/mol. The van der Waals surface area contributed by atoms with Crippen LogP contribution in [0.4, 0.5) is 72.8 Å². The van der Waals surface area contributed by atoms with Crippen LogP contribution in [-0.2, 0) is 31.2 Å². The number of amides is 1. The van der Waals surface area contributed by atoms with Crippen molar-refractivity contribution in [2.45, 2.75) is 31.2 Å². The predicted octanol–water partition coefficient (Wildman–Crippen LogP) is 11.0. The van der Waals surface area contributed by atoms with E-state index in [0.717, 1.165) is 30.3 Å². The van der Waals surface area contributed by atoms with Gasteiger partial charge in [-0.05, 0) is 66.7 Å². The molecule has 0 aliphatic carbocycles. The Morgan fingerprint density at radius 1 is 0.526 bits per heavy atom. The van der Waals surface area contributed by atoms with Gasteiger partial charge in [0.2, 0.25) is 0 Å². The van der Waals surface area contributed by atoms with Gasteiger partial charge in [-0.2, -0.15) is 62.9 Å². The molecule has 0 aliphatic heterocycles. The van der Waals surface area contributed by atoms with Gasteiger partial charge in [-0.3, -0.25) is 4.79 Å². The van der Waals surface area contributed by atoms with E-state index >= 15 is 0 Å². The summed E-state index contributed by atoms with van der Waals surface area (Å²) in [6.45, 7) is 0.125. The average Bonchev–Trinajstić information content (AvgIpc) is 3.80. The van der Waals surface area contributed by atoms with E-state index in [2.05, 4.69) is 20.8 Å². The maximum atomic E-state index is 13.6. The van der Waals surface area contributed by atoms with E-state index < -0.39 is 65.0 Å². The minimum atomic E-state index is -5.08. The summed E-state index contributed by atoms with van der Waals surface area (Å²) in [5.41, 5.74) is -6.30. The average molecular weight is 821 g/mol. The van der Waals surface area contributed by atoms with Crippen LogP contribution in [0.2, 0.25) is 0 Å². The zero-order valence-corrected chi connectivity index (χ0v) is 28.1. The fraction of sp³-hybridized carbons (Fsp3) is 0.139. The first kappa shape index (κ1) is 41.7. The SMILES string of the molecule is Fc1ccccc1CNc1ccc(-n2nc(C(F)(F)F)cc2C(F)(F)F)cc1.O=C(Nc1ccc(-n2nc(C(F)(F)F)cc2C(F)(F)F)cc1)c1ccccc1F. The summed E-state index contributed by atoms with van der Waals surface area (Å²) in [6.07, 6.45) is -20.2. The highest BCUT2D eigenvalue weighted by atomic mass is 19.4. The second-order valence-electron chi connectivity index (χ2n) is 11.6. The molecule has 6 rings (SSSR count). The molecule has 0 unspecified atom stereocenters. The quantitative estimate of drug-likeness (QED) is 0.157. The molecule has 0 fully saturated rings. The highest BCUT2D eigenvalue weighted by Crippen LogP contribution is 2.38. The summed E-state index contributed by atoms with van der Waals surface area (Å²) < 4.78 is 183. The third-order valence-electron chi connectivity index (χ3n) is 7.62. The second kappa shape index (κ2) is 16.0. The first-order chi connectivity index (χ1) is 26.5. The van der Waals surface area contributed by atoms with Crippen LogP contribution in [0, 0.1) is 11.6 Å². The van der Waals surface area contributed by atoms with E-state index in [0.29, 0.717) is 11.3 Å². The number of aromatic nitrogens is 4. The third kappa shape index (κ3) is 10.3. The first-order valence-electron chi connectivity index (χ1n) is 15.8. The molecule has 0 aliphatic rings. The van der Waals surface area contributed by atoms with Crippen LogP contribution in [0.3, 0.4) is 0 Å². The Morgan fingerprint density at radius 3 is 1.37 bits per heavy atom. The first-order valence-corrected chi connectivity index (χ1v) is 15.8. The minimum Gasteiger partial charge on any atom is -0.381 e. The Morgan fingerprint density at radius 2 is 0.947 bits per heavy atom. The Kier molecular flexibility index (Phi) is 11.7. The van der Waals surface area contributed by atoms with Gasteiger partial charge < -0.3 is 10.6 Å². The molecule has 0 saturated heterocycles. The molecule has 21 heteroatoms. The van der Waals surface area contributed by atoms with Gasteiger partial charge in [0.05, 0.1) is 16.9 Å². The number of hydrogen-bond donors (Lipinski definition) is 2. The number of rotatable bonds is 7. The smallest absolute Gasteiger partial charge is 0.381 e. The lowest BCUT2D eigenvalue weighted by Crippen LogP contribution is -2.15. The molecule has 0 spiro atoms. The van der Waals surface area contributed by atoms with Gasteiger partial charge in [0, 0.05) is 35.6 Å². The molecular weight excluding hydrogens is 798 g/mol. The lowest BCUT2D eigenvalue weighted by Gasteiger charge is -2.12. The van der Waals surface area contributed by atoms with Crippen molar-refractivity contribution in [3.63, 3.8) is 0 Å². The molecule has 1 amide bonds. The van der Waals surface area contributed by atoms with E-state index in [1.165, 1.54) is 54.6 Å². The fourth-order valence-electron chi connectivity index (χ4n) is 4.93. The van der Waals surface area contributed by atoms with E-state index in [1.807, 2.05) is 0 Å². The number of nitrogens with zero attached hydrogens (tertiary/aromatic N) is 4. The largest absolute Gasteiger partial charge is 0.435 e. The van der Waals surface area contributed by atoms with Crippen LogP contribution >= 0.6 is 0 Å². The van der Waals surface area contributed by atoms with Crippen LogP contribution in [0.25, 0.3) is 11.4 Å². The number of anilines is 2. The highest BCUT2D eigenvalue weighted by molar-refractivity contribution is 6.04. The van der Waals surface area contributed by atoms with Crippen molar-refractivity contribution in [1.29, 1.82) is 0 Å². The molecule has 0 bridgehead atoms. The van der Waals surface area contributed by atoms with Gasteiger partial charge in [-0.25, -0.2) is 18.1 Å². The van der Waals surface area contributed by atoms with Gasteiger partial charge in [0.15, 0.2) is 11.4 Å². The minimum absolute atomic E-state index is 0.0374. The van der Waals surface area contributed by atoms with Gasteiger partial charge >= 0.3 is 24.7 Å². The molecule has 0 atom stereocenters. The molecule has 0 saturated carbocycles. The highest BCUT2D eigenvalue weighted by Gasteiger charge is 2.43. The second-order valence-corrected chi connectivity index (χ2v) is 11.6. The molecule has 2 aromatic heterocycles. The molecule has 2 heterocycles. The zero-order valence-electron chi connectivity index (χ0n) is 28.1. The standard InChI is InChI=1S/C18H10F7N3O.C18H12F7N3/c19-13-4-2-1-3-12(13)16(29)26-10-5-7-11(8-6-10)28-15(18(23,24)25)9-14(27-28)17(20,21)22;19-14-4-2-1-3-11(14)10-26-12-5-7-13(8-6-12)28-16(18(23,24)25)9-15(27-28)17(20,21)22/h1-9H,(H,26,29);1-9,26H,10H2. The topological polar surface area (TPSA) is 76.8 Å². The number of hydrogen-bond acceptors (Lipinski definition) is 4. The summed E-state index contributed by atoms with van der Waals surface area (Å²) >= 11 is 0. The normalized spacial score (nSPS) is 12.2. The number of halogens is 14. The Bertz CT molecular complexity index is 2320. The maximum Gasteiger partial charge on any atom is 0.435 e. The van der Waals surface area contributed by atoms with Gasteiger partial charge in [0.25, 0.3) is 5.91 Å². The number of nitrogens with one attached hydrogen (secondary N) is 2. The summed E-state index contributed by atoms with van der Waals surface area (Å²) in [6, 6.07) is 20.5. The fourth-order valence-corrected chi connectivity index (χ4v) is 4.93. The number of alkyl halides is 12. The number of benzene rings is 4. The van der Waals surface area contributed by atoms with Crippen molar-refractivity contribution in [3.8, 4) is 11.4 Å². The van der Waals surface area contributed by atoms with Gasteiger partial charge in [-0.1, -0.05) is 30.3 Å². The summed E-state index contributed by atoms with van der Waals surface area (Å²) in [5, 5.41) is 11.3. The van der Waals surface area contributed by atoms with Crippen LogP contribution in [0.15, 0.2) is 109 Å². The summed E-state index contributed by atoms with van der Waals surface area (Å²) in [4.78, 5) is 12.0. The van der Waals surface area contributed by atoms with E-state index in [9.17, 15) is 66.3 Å². The van der Waals surface area contributed by atoms with Gasteiger partial charge in [-0.15, -0.1) is 0 Å². The van der Waals surface area contributed by atoms with Crippen molar-refractivity contribution in [3.05, 3.63) is 155 Å². The molecule has 0 radical (unpaired) electrons. The third-order valence-corrected chi connectivity index (χ3v) is 7.62. The van der Waals surface area contributed by atoms with E-state index in [-0.39, 0.29) is 50.7 Å². The van der Waals surface area contributed by atoms with Crippen LogP contribution in [-0.4, -0.2) is 25.5 Å². The summed E-state index contributed by atoms with van der Waals surface area (Å²) in [7, 11) is 0. The van der Waals surface area contributed by atoms with Crippen LogP contribution in [0.1, 0.15) is 38.7 Å². The zero-order chi connectivity index (χ0) is 41.9. The van der Waals surface area contributed by atoms with Crippen molar-refractivity contribution in [2.75, 3.05) is 10.6 Å².